The number of aromatic nitrogens is 2. The maximum Gasteiger partial charge on any atom is 0.416 e. The van der Waals surface area contributed by atoms with E-state index in [1.165, 1.54) is 6.07 Å². The monoisotopic (exact) mass is 396 g/mol. The number of phenols is 1. The molecule has 0 saturated carbocycles. The molecule has 150 valence electrons. The molecule has 1 saturated heterocycles. The fourth-order valence-corrected chi connectivity index (χ4v) is 3.13. The van der Waals surface area contributed by atoms with Crippen molar-refractivity contribution in [2.75, 3.05) is 11.9 Å². The van der Waals surface area contributed by atoms with Gasteiger partial charge >= 0.3 is 12.1 Å². The molecule has 1 aliphatic heterocycles. The molecule has 1 aromatic heterocycles. The Morgan fingerprint density at radius 1 is 1.25 bits per heavy atom. The number of carboxylic acid groups (broad SMARTS) is 1. The number of nitrogens with one attached hydrogen (secondary N) is 2. The molecule has 0 radical (unpaired) electrons. The van der Waals surface area contributed by atoms with E-state index in [1.807, 2.05) is 0 Å². The maximum absolute atomic E-state index is 12.7. The number of halogens is 3. The van der Waals surface area contributed by atoms with Crippen LogP contribution in [-0.2, 0) is 11.0 Å². The lowest BCUT2D eigenvalue weighted by molar-refractivity contribution is -0.140. The van der Waals surface area contributed by atoms with Gasteiger partial charge in [-0.2, -0.15) is 13.2 Å². The van der Waals surface area contributed by atoms with Gasteiger partial charge in [-0.25, -0.2) is 0 Å². The molecule has 0 bridgehead atoms. The molecule has 2 aromatic rings. The zero-order valence-electron chi connectivity index (χ0n) is 14.9. The second-order valence-corrected chi connectivity index (χ2v) is 6.71. The fraction of sp³-hybridized carbons (Fsp3) is 0.389. The number of aliphatic carboxylic acids is 1. The molecule has 0 aliphatic carbocycles. The summed E-state index contributed by atoms with van der Waals surface area (Å²) in [5.41, 5.74) is 0.125. The number of carboxylic acids is 1. The van der Waals surface area contributed by atoms with Crippen LogP contribution in [0.3, 0.4) is 0 Å². The second kappa shape index (κ2) is 7.63. The third-order valence-electron chi connectivity index (χ3n) is 4.63. The van der Waals surface area contributed by atoms with Crippen LogP contribution >= 0.6 is 0 Å². The largest absolute Gasteiger partial charge is 0.507 e. The molecule has 2 heterocycles. The Hall–Kier alpha value is -2.88. The molecule has 28 heavy (non-hydrogen) atoms. The lowest BCUT2D eigenvalue weighted by atomic mass is 10.0. The SMILES string of the molecule is Cc1cc(N[C@@H]2CC[C@@H](C(=O)O)NC2)nnc1-c1ccc(C(F)(F)F)cc1O. The molecule has 7 nitrogen and oxygen atoms in total. The third-order valence-corrected chi connectivity index (χ3v) is 4.63. The van der Waals surface area contributed by atoms with Gasteiger partial charge in [0.15, 0.2) is 0 Å². The predicted molar refractivity (Wildman–Crippen MR) is 94.9 cm³/mol. The number of phenolic OH excluding ortho intramolecular Hbond substituents is 1. The summed E-state index contributed by atoms with van der Waals surface area (Å²) in [7, 11) is 0. The van der Waals surface area contributed by atoms with Gasteiger partial charge in [0.25, 0.3) is 0 Å². The average molecular weight is 396 g/mol. The Balaban J connectivity index is 1.74. The highest BCUT2D eigenvalue weighted by molar-refractivity contribution is 5.73. The minimum absolute atomic E-state index is 0.0189. The van der Waals surface area contributed by atoms with Gasteiger partial charge in [0.05, 0.1) is 11.3 Å². The number of aryl methyl sites for hydroxylation is 1. The summed E-state index contributed by atoms with van der Waals surface area (Å²) in [5.74, 6) is -0.938. The van der Waals surface area contributed by atoms with Gasteiger partial charge < -0.3 is 20.8 Å². The molecule has 0 spiro atoms. The van der Waals surface area contributed by atoms with E-state index >= 15 is 0 Å². The zero-order valence-corrected chi connectivity index (χ0v) is 14.9. The van der Waals surface area contributed by atoms with E-state index in [-0.39, 0.29) is 17.3 Å². The molecule has 10 heteroatoms. The average Bonchev–Trinajstić information content (AvgIpc) is 2.62. The molecule has 0 amide bonds. The smallest absolute Gasteiger partial charge is 0.416 e. The van der Waals surface area contributed by atoms with Crippen molar-refractivity contribution in [1.82, 2.24) is 15.5 Å². The van der Waals surface area contributed by atoms with Crippen LogP contribution in [0, 0.1) is 6.92 Å². The van der Waals surface area contributed by atoms with Crippen molar-refractivity contribution in [1.29, 1.82) is 0 Å². The number of hydrogen-bond acceptors (Lipinski definition) is 6. The minimum Gasteiger partial charge on any atom is -0.507 e. The first-order chi connectivity index (χ1) is 13.1. The van der Waals surface area contributed by atoms with Crippen LogP contribution in [0.15, 0.2) is 24.3 Å². The van der Waals surface area contributed by atoms with Crippen LogP contribution in [0.25, 0.3) is 11.3 Å². The van der Waals surface area contributed by atoms with Gasteiger partial charge in [0.2, 0.25) is 0 Å². The van der Waals surface area contributed by atoms with Crippen LogP contribution in [0.4, 0.5) is 19.0 Å². The molecule has 4 N–H and O–H groups in total. The molecule has 1 aliphatic rings. The summed E-state index contributed by atoms with van der Waals surface area (Å²) in [5, 5.41) is 33.2. The number of piperidine rings is 1. The van der Waals surface area contributed by atoms with Gasteiger partial charge in [-0.15, -0.1) is 10.2 Å². The quantitative estimate of drug-likeness (QED) is 0.630. The van der Waals surface area contributed by atoms with Crippen LogP contribution in [0.5, 0.6) is 5.75 Å². The Labute approximate surface area is 158 Å². The number of rotatable bonds is 4. The summed E-state index contributed by atoms with van der Waals surface area (Å²) in [6.07, 6.45) is -3.42. The topological polar surface area (TPSA) is 107 Å². The lowest BCUT2D eigenvalue weighted by Crippen LogP contribution is -2.48. The van der Waals surface area contributed by atoms with Crippen molar-refractivity contribution < 1.29 is 28.2 Å². The van der Waals surface area contributed by atoms with Crippen LogP contribution in [0.2, 0.25) is 0 Å². The number of aromatic hydroxyl groups is 1. The Morgan fingerprint density at radius 3 is 2.54 bits per heavy atom. The predicted octanol–water partition coefficient (Wildman–Crippen LogP) is 2.79. The summed E-state index contributed by atoms with van der Waals surface area (Å²) < 4.78 is 38.2. The van der Waals surface area contributed by atoms with Crippen molar-refractivity contribution in [3.63, 3.8) is 0 Å². The van der Waals surface area contributed by atoms with Gasteiger partial charge in [0.1, 0.15) is 17.6 Å². The Kier molecular flexibility index (Phi) is 5.41. The van der Waals surface area contributed by atoms with Crippen molar-refractivity contribution in [3.8, 4) is 17.0 Å². The highest BCUT2D eigenvalue weighted by Gasteiger charge is 2.31. The van der Waals surface area contributed by atoms with Crippen molar-refractivity contribution in [3.05, 3.63) is 35.4 Å². The molecular weight excluding hydrogens is 377 g/mol. The number of alkyl halides is 3. The highest BCUT2D eigenvalue weighted by Crippen LogP contribution is 2.36. The Morgan fingerprint density at radius 2 is 2.00 bits per heavy atom. The van der Waals surface area contributed by atoms with E-state index < -0.39 is 29.5 Å². The maximum atomic E-state index is 12.7. The minimum atomic E-state index is -4.54. The van der Waals surface area contributed by atoms with Crippen LogP contribution < -0.4 is 10.6 Å². The molecular formula is C18H19F3N4O3. The van der Waals surface area contributed by atoms with Gasteiger partial charge in [-0.05, 0) is 49.6 Å². The van der Waals surface area contributed by atoms with E-state index in [4.69, 9.17) is 5.11 Å². The van der Waals surface area contributed by atoms with Gasteiger partial charge in [-0.1, -0.05) is 0 Å². The van der Waals surface area contributed by atoms with Gasteiger partial charge in [-0.3, -0.25) is 4.79 Å². The van der Waals surface area contributed by atoms with Crippen molar-refractivity contribution in [2.45, 2.75) is 38.0 Å². The van der Waals surface area contributed by atoms with Crippen LogP contribution in [0.1, 0.15) is 24.0 Å². The number of carbonyl (C=O) groups is 1. The van der Waals surface area contributed by atoms with E-state index in [1.54, 1.807) is 13.0 Å². The van der Waals surface area contributed by atoms with E-state index in [2.05, 4.69) is 20.8 Å². The number of benzene rings is 1. The van der Waals surface area contributed by atoms with E-state index in [0.717, 1.165) is 6.07 Å². The van der Waals surface area contributed by atoms with Gasteiger partial charge in [0, 0.05) is 18.2 Å². The standard InChI is InChI=1S/C18H19F3N4O3/c1-9-6-15(23-11-3-5-13(17(27)28)22-8-11)24-25-16(9)12-4-2-10(7-14(12)26)18(19,20)21/h2,4,6-7,11,13,22,26H,3,5,8H2,1H3,(H,23,24)(H,27,28)/t11-,13+/m1/s1. The van der Waals surface area contributed by atoms with Crippen molar-refractivity contribution >= 4 is 11.8 Å². The highest BCUT2D eigenvalue weighted by atomic mass is 19.4. The van der Waals surface area contributed by atoms with E-state index in [9.17, 15) is 23.1 Å². The number of nitrogens with zero attached hydrogens (tertiary/aromatic N) is 2. The summed E-state index contributed by atoms with van der Waals surface area (Å²) in [4.78, 5) is 11.0. The van der Waals surface area contributed by atoms with Crippen LogP contribution in [-0.4, -0.2) is 45.0 Å². The Bertz CT molecular complexity index is 881. The first-order valence-electron chi connectivity index (χ1n) is 8.63. The molecule has 0 unspecified atom stereocenters. The number of hydrogen-bond donors (Lipinski definition) is 4. The van der Waals surface area contributed by atoms with Crippen molar-refractivity contribution in [2.24, 2.45) is 0 Å². The third kappa shape index (κ3) is 4.33. The molecule has 2 atom stereocenters. The first-order valence-corrected chi connectivity index (χ1v) is 8.63. The van der Waals surface area contributed by atoms with E-state index in [0.29, 0.717) is 36.8 Å². The molecule has 1 aromatic carbocycles. The fourth-order valence-electron chi connectivity index (χ4n) is 3.13. The lowest BCUT2D eigenvalue weighted by Gasteiger charge is -2.28. The zero-order chi connectivity index (χ0) is 20.5. The summed E-state index contributed by atoms with van der Waals surface area (Å²) >= 11 is 0. The first kappa shape index (κ1) is 19.9. The number of anilines is 1. The normalized spacial score (nSPS) is 20.0. The second-order valence-electron chi connectivity index (χ2n) is 6.71. The summed E-state index contributed by atoms with van der Waals surface area (Å²) in [6.45, 7) is 2.17. The molecule has 1 fully saturated rings. The molecule has 3 rings (SSSR count). The summed E-state index contributed by atoms with van der Waals surface area (Å²) in [6, 6.07) is 3.82.